The summed E-state index contributed by atoms with van der Waals surface area (Å²) in [7, 11) is 0. The number of nitrogen functional groups attached to an aromatic ring is 1. The Bertz CT molecular complexity index is 363. The molecule has 1 aliphatic heterocycles. The molecule has 0 spiro atoms. The highest BCUT2D eigenvalue weighted by molar-refractivity contribution is 5.50. The zero-order valence-corrected chi connectivity index (χ0v) is 9.99. The lowest BCUT2D eigenvalue weighted by atomic mass is 9.92. The molecule has 1 aliphatic rings. The van der Waals surface area contributed by atoms with Gasteiger partial charge in [0, 0.05) is 29.8 Å². The van der Waals surface area contributed by atoms with Crippen LogP contribution in [0.25, 0.3) is 0 Å². The summed E-state index contributed by atoms with van der Waals surface area (Å²) in [5.74, 6) is 1.52. The Balaban J connectivity index is 2.15. The normalized spacial score (nSPS) is 19.3. The van der Waals surface area contributed by atoms with Gasteiger partial charge in [-0.25, -0.2) is 0 Å². The van der Waals surface area contributed by atoms with Crippen LogP contribution in [0.1, 0.15) is 31.7 Å². The van der Waals surface area contributed by atoms with Crippen molar-refractivity contribution in [2.24, 2.45) is 0 Å². The molecule has 1 atom stereocenters. The van der Waals surface area contributed by atoms with Crippen molar-refractivity contribution in [2.75, 3.05) is 18.9 Å². The minimum atomic E-state index is 0.521. The number of benzene rings is 1. The number of fused-ring (bicyclic) bond motifs is 1. The summed E-state index contributed by atoms with van der Waals surface area (Å²) in [5.41, 5.74) is 7.89. The molecule has 0 aromatic heterocycles. The number of ether oxygens (including phenoxy) is 1. The van der Waals surface area contributed by atoms with E-state index in [-0.39, 0.29) is 0 Å². The third-order valence-electron chi connectivity index (χ3n) is 2.97. The number of hydrogen-bond donors (Lipinski definition) is 2. The number of anilines is 1. The molecular formula is C13H20N2O. The Hall–Kier alpha value is -1.22. The van der Waals surface area contributed by atoms with Crippen molar-refractivity contribution in [3.8, 4) is 5.75 Å². The smallest absolute Gasteiger partial charge is 0.122 e. The summed E-state index contributed by atoms with van der Waals surface area (Å²) < 4.78 is 5.63. The van der Waals surface area contributed by atoms with E-state index in [1.54, 1.807) is 0 Å². The molecule has 0 fully saturated rings. The second kappa shape index (κ2) is 4.74. The molecule has 0 bridgehead atoms. The molecule has 0 radical (unpaired) electrons. The fraction of sp³-hybridized carbons (Fsp3) is 0.538. The van der Waals surface area contributed by atoms with Gasteiger partial charge in [0.2, 0.25) is 0 Å². The summed E-state index contributed by atoms with van der Waals surface area (Å²) in [6, 6.07) is 6.44. The lowest BCUT2D eigenvalue weighted by Crippen LogP contribution is -2.30. The van der Waals surface area contributed by atoms with E-state index >= 15 is 0 Å². The molecule has 1 aromatic rings. The molecule has 1 unspecified atom stereocenters. The predicted octanol–water partition coefficient (Wildman–Crippen LogP) is 2.13. The lowest BCUT2D eigenvalue weighted by molar-refractivity contribution is 0.263. The molecule has 16 heavy (non-hydrogen) atoms. The van der Waals surface area contributed by atoms with E-state index in [0.717, 1.165) is 31.0 Å². The van der Waals surface area contributed by atoms with Crippen molar-refractivity contribution in [2.45, 2.75) is 32.2 Å². The van der Waals surface area contributed by atoms with Gasteiger partial charge in [0.05, 0.1) is 6.61 Å². The van der Waals surface area contributed by atoms with Crippen LogP contribution in [0.3, 0.4) is 0 Å². The standard InChI is InChI=1S/C13H20N2O/c1-9(2)15-8-10-5-6-16-13-4-3-11(14)7-12(10)13/h3-4,7,9-10,15H,5-6,8,14H2,1-2H3. The molecule has 3 N–H and O–H groups in total. The Morgan fingerprint density at radius 1 is 1.50 bits per heavy atom. The molecule has 2 rings (SSSR count). The van der Waals surface area contributed by atoms with Crippen LogP contribution >= 0.6 is 0 Å². The molecule has 0 amide bonds. The van der Waals surface area contributed by atoms with E-state index in [4.69, 9.17) is 10.5 Å². The van der Waals surface area contributed by atoms with Gasteiger partial charge in [-0.15, -0.1) is 0 Å². The van der Waals surface area contributed by atoms with Gasteiger partial charge in [-0.3, -0.25) is 0 Å². The highest BCUT2D eigenvalue weighted by atomic mass is 16.5. The van der Waals surface area contributed by atoms with E-state index in [2.05, 4.69) is 19.2 Å². The summed E-state index contributed by atoms with van der Waals surface area (Å²) in [4.78, 5) is 0. The van der Waals surface area contributed by atoms with Gasteiger partial charge in [0.1, 0.15) is 5.75 Å². The molecule has 1 aromatic carbocycles. The van der Waals surface area contributed by atoms with Crippen LogP contribution in [0.5, 0.6) is 5.75 Å². The van der Waals surface area contributed by atoms with Crippen molar-refractivity contribution in [1.82, 2.24) is 5.32 Å². The summed E-state index contributed by atoms with van der Waals surface area (Å²) in [5, 5.41) is 3.48. The van der Waals surface area contributed by atoms with Gasteiger partial charge in [-0.1, -0.05) is 13.8 Å². The van der Waals surface area contributed by atoms with E-state index in [1.807, 2.05) is 18.2 Å². The molecule has 0 saturated carbocycles. The van der Waals surface area contributed by atoms with Crippen molar-refractivity contribution >= 4 is 5.69 Å². The highest BCUT2D eigenvalue weighted by Crippen LogP contribution is 2.34. The van der Waals surface area contributed by atoms with E-state index in [0.29, 0.717) is 12.0 Å². The molecule has 88 valence electrons. The minimum Gasteiger partial charge on any atom is -0.493 e. The predicted molar refractivity (Wildman–Crippen MR) is 66.8 cm³/mol. The van der Waals surface area contributed by atoms with Crippen LogP contribution in [-0.2, 0) is 0 Å². The van der Waals surface area contributed by atoms with Gasteiger partial charge in [-0.2, -0.15) is 0 Å². The first-order valence-electron chi connectivity index (χ1n) is 5.92. The van der Waals surface area contributed by atoms with Crippen LogP contribution in [0.15, 0.2) is 18.2 Å². The van der Waals surface area contributed by atoms with Gasteiger partial charge >= 0.3 is 0 Å². The van der Waals surface area contributed by atoms with Gasteiger partial charge in [-0.05, 0) is 24.6 Å². The zero-order valence-electron chi connectivity index (χ0n) is 9.99. The maximum Gasteiger partial charge on any atom is 0.122 e. The van der Waals surface area contributed by atoms with Crippen molar-refractivity contribution in [3.05, 3.63) is 23.8 Å². The summed E-state index contributed by atoms with van der Waals surface area (Å²) >= 11 is 0. The van der Waals surface area contributed by atoms with Crippen molar-refractivity contribution < 1.29 is 4.74 Å². The number of hydrogen-bond acceptors (Lipinski definition) is 3. The Morgan fingerprint density at radius 3 is 3.06 bits per heavy atom. The van der Waals surface area contributed by atoms with Crippen LogP contribution in [0, 0.1) is 0 Å². The SMILES string of the molecule is CC(C)NCC1CCOc2ccc(N)cc21. The van der Waals surface area contributed by atoms with Crippen LogP contribution < -0.4 is 15.8 Å². The first kappa shape index (κ1) is 11.3. The largest absolute Gasteiger partial charge is 0.493 e. The molecule has 0 saturated heterocycles. The fourth-order valence-electron chi connectivity index (χ4n) is 2.07. The maximum absolute atomic E-state index is 5.82. The fourth-order valence-corrected chi connectivity index (χ4v) is 2.07. The quantitative estimate of drug-likeness (QED) is 0.767. The number of nitrogens with two attached hydrogens (primary N) is 1. The van der Waals surface area contributed by atoms with Crippen LogP contribution in [-0.4, -0.2) is 19.2 Å². The number of nitrogens with one attached hydrogen (secondary N) is 1. The first-order valence-corrected chi connectivity index (χ1v) is 5.92. The maximum atomic E-state index is 5.82. The van der Waals surface area contributed by atoms with E-state index < -0.39 is 0 Å². The van der Waals surface area contributed by atoms with Gasteiger partial charge in [0.25, 0.3) is 0 Å². The third-order valence-corrected chi connectivity index (χ3v) is 2.97. The second-order valence-electron chi connectivity index (χ2n) is 4.69. The lowest BCUT2D eigenvalue weighted by Gasteiger charge is -2.27. The first-order chi connectivity index (χ1) is 7.66. The average molecular weight is 220 g/mol. The summed E-state index contributed by atoms with van der Waals surface area (Å²) in [6.07, 6.45) is 1.07. The third kappa shape index (κ3) is 2.47. The topological polar surface area (TPSA) is 47.3 Å². The molecular weight excluding hydrogens is 200 g/mol. The minimum absolute atomic E-state index is 0.521. The molecule has 1 heterocycles. The second-order valence-corrected chi connectivity index (χ2v) is 4.69. The van der Waals surface area contributed by atoms with Crippen LogP contribution in [0.2, 0.25) is 0 Å². The monoisotopic (exact) mass is 220 g/mol. The molecule has 3 heteroatoms. The summed E-state index contributed by atoms with van der Waals surface area (Å²) in [6.45, 7) is 6.14. The molecule has 0 aliphatic carbocycles. The Morgan fingerprint density at radius 2 is 2.31 bits per heavy atom. The number of rotatable bonds is 3. The zero-order chi connectivity index (χ0) is 11.5. The van der Waals surface area contributed by atoms with E-state index in [9.17, 15) is 0 Å². The Labute approximate surface area is 97.0 Å². The van der Waals surface area contributed by atoms with Gasteiger partial charge in [0.15, 0.2) is 0 Å². The van der Waals surface area contributed by atoms with E-state index in [1.165, 1.54) is 5.56 Å². The average Bonchev–Trinajstić information content (AvgIpc) is 2.26. The Kier molecular flexibility index (Phi) is 3.34. The van der Waals surface area contributed by atoms with Crippen molar-refractivity contribution in [3.63, 3.8) is 0 Å². The van der Waals surface area contributed by atoms with Gasteiger partial charge < -0.3 is 15.8 Å². The van der Waals surface area contributed by atoms with Crippen LogP contribution in [0.4, 0.5) is 5.69 Å². The highest BCUT2D eigenvalue weighted by Gasteiger charge is 2.21. The molecule has 3 nitrogen and oxygen atoms in total. The van der Waals surface area contributed by atoms with Crippen molar-refractivity contribution in [1.29, 1.82) is 0 Å².